The number of ether oxygens (including phenoxy) is 1. The molecule has 1 unspecified atom stereocenters. The van der Waals surface area contributed by atoms with Crippen molar-refractivity contribution in [3.05, 3.63) is 34.4 Å². The second kappa shape index (κ2) is 5.49. The highest BCUT2D eigenvalue weighted by molar-refractivity contribution is 7.97. The van der Waals surface area contributed by atoms with Gasteiger partial charge >= 0.3 is 12.1 Å². The number of hydrogen-bond acceptors (Lipinski definition) is 6. The number of nitro groups is 1. The van der Waals surface area contributed by atoms with Crippen LogP contribution < -0.4 is 0 Å². The molecular weight excluding hydrogens is 284 g/mol. The van der Waals surface area contributed by atoms with Gasteiger partial charge in [0.2, 0.25) is 0 Å². The molecule has 0 N–H and O–H groups in total. The van der Waals surface area contributed by atoms with Gasteiger partial charge in [-0.3, -0.25) is 10.1 Å². The number of cyclic esters (lactones) is 2. The summed E-state index contributed by atoms with van der Waals surface area (Å²) in [7, 11) is 0. The Bertz CT molecular complexity index is 575. The third-order valence-electron chi connectivity index (χ3n) is 2.75. The number of esters is 1. The lowest BCUT2D eigenvalue weighted by atomic mass is 10.1. The van der Waals surface area contributed by atoms with Crippen molar-refractivity contribution < 1.29 is 19.2 Å². The standard InChI is InChI=1S/C12H12N2O5S/c1-7(2)10-11(15)19-12(16)13(10)20-9-6-4-3-5-8(9)14(17)18/h3-7,10H,1-2H3. The molecule has 0 bridgehead atoms. The van der Waals surface area contributed by atoms with Gasteiger partial charge in [0.1, 0.15) is 10.9 Å². The molecule has 0 radical (unpaired) electrons. The maximum Gasteiger partial charge on any atom is 0.428 e. The van der Waals surface area contributed by atoms with Gasteiger partial charge in [0.25, 0.3) is 5.69 Å². The molecule has 1 aromatic carbocycles. The number of benzene rings is 1. The van der Waals surface area contributed by atoms with Crippen molar-refractivity contribution in [2.75, 3.05) is 0 Å². The highest BCUT2D eigenvalue weighted by Gasteiger charge is 2.44. The number of nitrogens with zero attached hydrogens (tertiary/aromatic N) is 2. The average molecular weight is 296 g/mol. The lowest BCUT2D eigenvalue weighted by molar-refractivity contribution is -0.387. The van der Waals surface area contributed by atoms with E-state index in [4.69, 9.17) is 0 Å². The quantitative estimate of drug-likeness (QED) is 0.279. The summed E-state index contributed by atoms with van der Waals surface area (Å²) >= 11 is 0.851. The van der Waals surface area contributed by atoms with Crippen molar-refractivity contribution in [1.29, 1.82) is 0 Å². The molecule has 0 saturated carbocycles. The van der Waals surface area contributed by atoms with Crippen LogP contribution in [0.5, 0.6) is 0 Å². The molecule has 0 aromatic heterocycles. The first-order valence-electron chi connectivity index (χ1n) is 5.88. The van der Waals surface area contributed by atoms with E-state index in [1.165, 1.54) is 18.2 Å². The Morgan fingerprint density at radius 2 is 2.00 bits per heavy atom. The number of hydrogen-bond donors (Lipinski definition) is 0. The number of para-hydroxylation sites is 1. The van der Waals surface area contributed by atoms with E-state index < -0.39 is 23.0 Å². The van der Waals surface area contributed by atoms with Crippen molar-refractivity contribution in [2.45, 2.75) is 24.8 Å². The maximum atomic E-state index is 11.7. The number of rotatable bonds is 4. The summed E-state index contributed by atoms with van der Waals surface area (Å²) in [6.07, 6.45) is -0.795. The molecule has 20 heavy (non-hydrogen) atoms. The predicted molar refractivity (Wildman–Crippen MR) is 70.9 cm³/mol. The van der Waals surface area contributed by atoms with Crippen LogP contribution >= 0.6 is 11.9 Å². The molecule has 2 rings (SSSR count). The van der Waals surface area contributed by atoms with Gasteiger partial charge in [-0.2, -0.15) is 0 Å². The summed E-state index contributed by atoms with van der Waals surface area (Å²) in [6, 6.07) is 5.29. The molecule has 106 valence electrons. The smallest absolute Gasteiger partial charge is 0.374 e. The molecular formula is C12H12N2O5S. The van der Waals surface area contributed by atoms with E-state index in [9.17, 15) is 19.7 Å². The van der Waals surface area contributed by atoms with Crippen molar-refractivity contribution >= 4 is 29.7 Å². The summed E-state index contributed by atoms with van der Waals surface area (Å²) in [5.74, 6) is -0.777. The van der Waals surface area contributed by atoms with Gasteiger partial charge in [0.15, 0.2) is 0 Å². The minimum Gasteiger partial charge on any atom is -0.374 e. The molecule has 1 amide bonds. The number of carbonyl (C=O) groups is 2. The predicted octanol–water partition coefficient (Wildman–Crippen LogP) is 2.61. The van der Waals surface area contributed by atoms with E-state index >= 15 is 0 Å². The van der Waals surface area contributed by atoms with Crippen LogP contribution in [-0.2, 0) is 9.53 Å². The fourth-order valence-corrected chi connectivity index (χ4v) is 2.97. The topological polar surface area (TPSA) is 89.8 Å². The van der Waals surface area contributed by atoms with Crippen LogP contribution in [0.3, 0.4) is 0 Å². The fourth-order valence-electron chi connectivity index (χ4n) is 1.83. The third kappa shape index (κ3) is 2.60. The summed E-state index contributed by atoms with van der Waals surface area (Å²) in [5, 5.41) is 10.9. The van der Waals surface area contributed by atoms with Gasteiger partial charge in [0.05, 0.1) is 4.92 Å². The molecule has 1 aliphatic rings. The lowest BCUT2D eigenvalue weighted by Crippen LogP contribution is -2.34. The first kappa shape index (κ1) is 14.3. The van der Waals surface area contributed by atoms with Crippen molar-refractivity contribution in [2.24, 2.45) is 5.92 Å². The number of nitro benzene ring substituents is 1. The Morgan fingerprint density at radius 3 is 2.60 bits per heavy atom. The average Bonchev–Trinajstić information content (AvgIpc) is 2.64. The Morgan fingerprint density at radius 1 is 1.35 bits per heavy atom. The molecule has 1 fully saturated rings. The van der Waals surface area contributed by atoms with Crippen molar-refractivity contribution in [3.63, 3.8) is 0 Å². The van der Waals surface area contributed by atoms with Gasteiger partial charge < -0.3 is 4.74 Å². The van der Waals surface area contributed by atoms with Crippen molar-refractivity contribution in [1.82, 2.24) is 4.31 Å². The Kier molecular flexibility index (Phi) is 3.93. The van der Waals surface area contributed by atoms with E-state index in [1.807, 2.05) is 0 Å². The second-order valence-corrected chi connectivity index (χ2v) is 5.53. The normalized spacial score (nSPS) is 18.6. The highest BCUT2D eigenvalue weighted by atomic mass is 32.2. The molecule has 1 heterocycles. The minimum atomic E-state index is -0.795. The first-order chi connectivity index (χ1) is 9.41. The van der Waals surface area contributed by atoms with Crippen LogP contribution in [0.2, 0.25) is 0 Å². The van der Waals surface area contributed by atoms with Crippen LogP contribution in [0.25, 0.3) is 0 Å². The zero-order valence-corrected chi connectivity index (χ0v) is 11.6. The highest BCUT2D eigenvalue weighted by Crippen LogP contribution is 2.37. The molecule has 1 atom stereocenters. The van der Waals surface area contributed by atoms with Crippen LogP contribution in [-0.4, -0.2) is 27.3 Å². The van der Waals surface area contributed by atoms with Gasteiger partial charge in [-0.25, -0.2) is 13.9 Å². The minimum absolute atomic E-state index is 0.118. The Balaban J connectivity index is 2.31. The molecule has 8 heteroatoms. The summed E-state index contributed by atoms with van der Waals surface area (Å²) < 4.78 is 5.73. The Hall–Kier alpha value is -2.09. The number of amides is 1. The van der Waals surface area contributed by atoms with E-state index in [2.05, 4.69) is 4.74 Å². The van der Waals surface area contributed by atoms with Gasteiger partial charge in [-0.1, -0.05) is 26.0 Å². The zero-order chi connectivity index (χ0) is 14.9. The Labute approximate surface area is 119 Å². The summed E-state index contributed by atoms with van der Waals surface area (Å²) in [4.78, 5) is 34.0. The molecule has 0 spiro atoms. The third-order valence-corrected chi connectivity index (χ3v) is 3.87. The molecule has 0 aliphatic carbocycles. The van der Waals surface area contributed by atoms with Gasteiger partial charge in [-0.15, -0.1) is 0 Å². The van der Waals surface area contributed by atoms with Crippen LogP contribution in [0.15, 0.2) is 29.2 Å². The largest absolute Gasteiger partial charge is 0.428 e. The monoisotopic (exact) mass is 296 g/mol. The zero-order valence-electron chi connectivity index (χ0n) is 10.8. The molecule has 1 aliphatic heterocycles. The van der Waals surface area contributed by atoms with E-state index in [0.29, 0.717) is 0 Å². The second-order valence-electron chi connectivity index (χ2n) is 4.52. The summed E-state index contributed by atoms with van der Waals surface area (Å²) in [5.41, 5.74) is -0.118. The molecule has 1 aromatic rings. The SMILES string of the molecule is CC(C)C1C(=O)OC(=O)N1Sc1ccccc1[N+](=O)[O-]. The van der Waals surface area contributed by atoms with Crippen LogP contribution in [0, 0.1) is 16.0 Å². The van der Waals surface area contributed by atoms with Crippen LogP contribution in [0.1, 0.15) is 13.8 Å². The summed E-state index contributed by atoms with van der Waals surface area (Å²) in [6.45, 7) is 3.55. The van der Waals surface area contributed by atoms with Crippen molar-refractivity contribution in [3.8, 4) is 0 Å². The molecule has 7 nitrogen and oxygen atoms in total. The van der Waals surface area contributed by atoms with E-state index in [-0.39, 0.29) is 16.5 Å². The van der Waals surface area contributed by atoms with E-state index in [0.717, 1.165) is 16.3 Å². The first-order valence-corrected chi connectivity index (χ1v) is 6.65. The lowest BCUT2D eigenvalue weighted by Gasteiger charge is -2.20. The fraction of sp³-hybridized carbons (Fsp3) is 0.333. The molecule has 1 saturated heterocycles. The maximum absolute atomic E-state index is 11.7. The van der Waals surface area contributed by atoms with Gasteiger partial charge in [-0.05, 0) is 12.0 Å². The van der Waals surface area contributed by atoms with Gasteiger partial charge in [0, 0.05) is 18.0 Å². The van der Waals surface area contributed by atoms with Crippen LogP contribution in [0.4, 0.5) is 10.5 Å². The number of carbonyl (C=O) groups excluding carboxylic acids is 2. The van der Waals surface area contributed by atoms with E-state index in [1.54, 1.807) is 19.9 Å².